The molecule has 2 N–H and O–H groups in total. The number of hydrogen-bond donors (Lipinski definition) is 2. The van der Waals surface area contributed by atoms with E-state index < -0.39 is 0 Å². The highest BCUT2D eigenvalue weighted by atomic mass is 16.3. The van der Waals surface area contributed by atoms with E-state index in [1.165, 1.54) is 11.1 Å². The molecule has 0 fully saturated rings. The van der Waals surface area contributed by atoms with Crippen molar-refractivity contribution in [1.82, 2.24) is 4.90 Å². The fourth-order valence-corrected chi connectivity index (χ4v) is 5.06. The molecule has 0 radical (unpaired) electrons. The van der Waals surface area contributed by atoms with Gasteiger partial charge in [0.05, 0.1) is 6.26 Å². The van der Waals surface area contributed by atoms with Crippen LogP contribution >= 0.6 is 0 Å². The normalized spacial score (nSPS) is 13.3. The molecule has 0 aliphatic carbocycles. The summed E-state index contributed by atoms with van der Waals surface area (Å²) >= 11 is 0. The minimum absolute atomic E-state index is 0.0532. The van der Waals surface area contributed by atoms with Gasteiger partial charge < -0.3 is 14.6 Å². The highest BCUT2D eigenvalue weighted by molar-refractivity contribution is 5.50. The molecule has 3 rings (SSSR count). The molecule has 0 aliphatic rings. The van der Waals surface area contributed by atoms with E-state index in [-0.39, 0.29) is 21.7 Å². The number of hydrogen-bond acceptors (Lipinski definition) is 4. The fourth-order valence-electron chi connectivity index (χ4n) is 5.06. The Morgan fingerprint density at radius 1 is 0.625 bits per heavy atom. The Morgan fingerprint density at radius 2 is 1.05 bits per heavy atom. The Bertz CT molecular complexity index is 1210. The van der Waals surface area contributed by atoms with Gasteiger partial charge in [0.25, 0.3) is 0 Å². The lowest BCUT2D eigenvalue weighted by Gasteiger charge is -2.31. The van der Waals surface area contributed by atoms with Crippen LogP contribution in [0.15, 0.2) is 47.1 Å². The molecule has 1 aromatic heterocycles. The van der Waals surface area contributed by atoms with Crippen molar-refractivity contribution in [1.29, 1.82) is 0 Å². The first-order valence-corrected chi connectivity index (χ1v) is 14.7. The van der Waals surface area contributed by atoms with Crippen molar-refractivity contribution in [2.45, 2.75) is 124 Å². The summed E-state index contributed by atoms with van der Waals surface area (Å²) in [5.74, 6) is 1.66. The lowest BCUT2D eigenvalue weighted by atomic mass is 9.78. The molecular weight excluding hydrogens is 494 g/mol. The van der Waals surface area contributed by atoms with Crippen LogP contribution in [0.1, 0.15) is 122 Å². The monoisotopic (exact) mass is 547 g/mol. The fraction of sp³-hybridized carbons (Fsp3) is 0.556. The van der Waals surface area contributed by atoms with Gasteiger partial charge in [-0.25, -0.2) is 0 Å². The molecule has 220 valence electrons. The third-order valence-corrected chi connectivity index (χ3v) is 7.77. The molecule has 0 saturated carbocycles. The van der Waals surface area contributed by atoms with Gasteiger partial charge in [0.1, 0.15) is 17.3 Å². The lowest BCUT2D eigenvalue weighted by Crippen LogP contribution is -2.27. The summed E-state index contributed by atoms with van der Waals surface area (Å²) in [6, 6.07) is 12.6. The predicted octanol–water partition coefficient (Wildman–Crippen LogP) is 9.13. The standard InChI is InChI=1S/C36H53NO3/c1-33(2,3)26-18-24(31(38)29(20-26)35(7,8)9)22-37(16-15-28-14-13-17-40-28)23-25-19-27(34(4,5)6)21-30(32(25)39)36(10,11)12/h13-14,17-21,38-39H,15-16,22-23H2,1-12H3. The van der Waals surface area contributed by atoms with Crippen molar-refractivity contribution in [3.63, 3.8) is 0 Å². The van der Waals surface area contributed by atoms with Crippen molar-refractivity contribution in [3.05, 3.63) is 81.8 Å². The van der Waals surface area contributed by atoms with E-state index in [1.807, 2.05) is 12.1 Å². The van der Waals surface area contributed by atoms with Crippen molar-refractivity contribution in [3.8, 4) is 11.5 Å². The van der Waals surface area contributed by atoms with Gasteiger partial charge in [0.15, 0.2) is 0 Å². The second-order valence-corrected chi connectivity index (χ2v) is 15.6. The van der Waals surface area contributed by atoms with Gasteiger partial charge in [0.2, 0.25) is 0 Å². The highest BCUT2D eigenvalue weighted by Gasteiger charge is 2.28. The Kier molecular flexibility index (Phi) is 8.97. The summed E-state index contributed by atoms with van der Waals surface area (Å²) in [5, 5.41) is 23.1. The van der Waals surface area contributed by atoms with Crippen molar-refractivity contribution in [2.24, 2.45) is 0 Å². The van der Waals surface area contributed by atoms with Gasteiger partial charge in [-0.05, 0) is 56.0 Å². The largest absolute Gasteiger partial charge is 0.507 e. The van der Waals surface area contributed by atoms with Crippen LogP contribution in [0.25, 0.3) is 0 Å². The van der Waals surface area contributed by atoms with Crippen LogP contribution < -0.4 is 0 Å². The quantitative estimate of drug-likeness (QED) is 0.310. The van der Waals surface area contributed by atoms with Crippen LogP contribution in [0.3, 0.4) is 0 Å². The molecule has 3 aromatic rings. The molecule has 0 aliphatic heterocycles. The number of aromatic hydroxyl groups is 2. The summed E-state index contributed by atoms with van der Waals surface area (Å²) in [6.45, 7) is 28.0. The smallest absolute Gasteiger partial charge is 0.123 e. The molecule has 0 atom stereocenters. The van der Waals surface area contributed by atoms with E-state index in [1.54, 1.807) is 6.26 Å². The topological polar surface area (TPSA) is 56.8 Å². The van der Waals surface area contributed by atoms with E-state index in [9.17, 15) is 10.2 Å². The van der Waals surface area contributed by atoms with E-state index in [0.717, 1.165) is 41.0 Å². The first-order chi connectivity index (χ1) is 18.2. The van der Waals surface area contributed by atoms with Gasteiger partial charge in [-0.1, -0.05) is 107 Å². The first-order valence-electron chi connectivity index (χ1n) is 14.7. The molecule has 0 bridgehead atoms. The number of nitrogens with zero attached hydrogens (tertiary/aromatic N) is 1. The Labute approximate surface area is 243 Å². The van der Waals surface area contributed by atoms with Gasteiger partial charge in [-0.15, -0.1) is 0 Å². The number of phenolic OH excluding ortho intramolecular Hbond substituents is 2. The van der Waals surface area contributed by atoms with Gasteiger partial charge in [-0.2, -0.15) is 0 Å². The minimum atomic E-state index is -0.194. The lowest BCUT2D eigenvalue weighted by molar-refractivity contribution is 0.245. The van der Waals surface area contributed by atoms with Crippen LogP contribution in [-0.4, -0.2) is 21.7 Å². The van der Waals surface area contributed by atoms with E-state index in [4.69, 9.17) is 4.42 Å². The van der Waals surface area contributed by atoms with Crippen molar-refractivity contribution < 1.29 is 14.6 Å². The Balaban J connectivity index is 2.12. The first kappa shape index (κ1) is 31.8. The number of furan rings is 1. The molecule has 0 unspecified atom stereocenters. The number of benzene rings is 2. The second-order valence-electron chi connectivity index (χ2n) is 15.6. The third kappa shape index (κ3) is 7.72. The summed E-state index contributed by atoms with van der Waals surface area (Å²) in [4.78, 5) is 2.32. The average molecular weight is 548 g/mol. The van der Waals surface area contributed by atoms with Crippen LogP contribution in [0.4, 0.5) is 0 Å². The molecule has 0 spiro atoms. The summed E-state index contributed by atoms with van der Waals surface area (Å²) in [5.41, 5.74) is 5.69. The summed E-state index contributed by atoms with van der Waals surface area (Å²) in [6.07, 6.45) is 2.45. The zero-order chi connectivity index (χ0) is 30.3. The van der Waals surface area contributed by atoms with E-state index in [2.05, 4.69) is 112 Å². The Hall–Kier alpha value is -2.72. The number of phenols is 2. The van der Waals surface area contributed by atoms with E-state index >= 15 is 0 Å². The summed E-state index contributed by atoms with van der Waals surface area (Å²) in [7, 11) is 0. The second kappa shape index (κ2) is 11.3. The Morgan fingerprint density at radius 3 is 1.38 bits per heavy atom. The van der Waals surface area contributed by atoms with Gasteiger partial charge >= 0.3 is 0 Å². The van der Waals surface area contributed by atoms with E-state index in [0.29, 0.717) is 24.6 Å². The van der Waals surface area contributed by atoms with Crippen LogP contribution in [0.2, 0.25) is 0 Å². The molecule has 4 heteroatoms. The molecular formula is C36H53NO3. The van der Waals surface area contributed by atoms with Crippen molar-refractivity contribution in [2.75, 3.05) is 6.54 Å². The molecule has 2 aromatic carbocycles. The minimum Gasteiger partial charge on any atom is -0.507 e. The molecule has 0 saturated heterocycles. The van der Waals surface area contributed by atoms with Crippen LogP contribution in [0.5, 0.6) is 11.5 Å². The van der Waals surface area contributed by atoms with Gasteiger partial charge in [-0.3, -0.25) is 4.90 Å². The third-order valence-electron chi connectivity index (χ3n) is 7.77. The predicted molar refractivity (Wildman–Crippen MR) is 168 cm³/mol. The van der Waals surface area contributed by atoms with Gasteiger partial charge in [0, 0.05) is 37.2 Å². The molecule has 0 amide bonds. The van der Waals surface area contributed by atoms with Crippen LogP contribution in [0, 0.1) is 0 Å². The van der Waals surface area contributed by atoms with Crippen molar-refractivity contribution >= 4 is 0 Å². The zero-order valence-electron chi connectivity index (χ0n) is 27.1. The average Bonchev–Trinajstić information content (AvgIpc) is 3.30. The zero-order valence-corrected chi connectivity index (χ0v) is 27.1. The number of rotatable bonds is 7. The maximum Gasteiger partial charge on any atom is 0.123 e. The highest BCUT2D eigenvalue weighted by Crippen LogP contribution is 2.40. The van der Waals surface area contributed by atoms with Crippen LogP contribution in [-0.2, 0) is 41.2 Å². The molecule has 40 heavy (non-hydrogen) atoms. The summed E-state index contributed by atoms with van der Waals surface area (Å²) < 4.78 is 5.66. The molecule has 4 nitrogen and oxygen atoms in total. The SMILES string of the molecule is CC(C)(C)c1cc(CN(CCc2ccco2)Cc2cc(C(C)(C)C)cc(C(C)(C)C)c2O)c(O)c(C(C)(C)C)c1. The maximum atomic E-state index is 11.5. The molecule has 1 heterocycles. The maximum absolute atomic E-state index is 11.5.